The maximum atomic E-state index is 8.35. The van der Waals surface area contributed by atoms with E-state index in [1.54, 1.807) is 40.2 Å². The first-order chi connectivity index (χ1) is 5.83. The van der Waals surface area contributed by atoms with Crippen LogP contribution >= 0.6 is 0 Å². The summed E-state index contributed by atoms with van der Waals surface area (Å²) in [5, 5.41) is 16.7. The van der Waals surface area contributed by atoms with Gasteiger partial charge in [-0.05, 0) is 27.7 Å². The topological polar surface area (TPSA) is 66.0 Å². The predicted octanol–water partition coefficient (Wildman–Crippen LogP) is 1.93. The summed E-state index contributed by atoms with van der Waals surface area (Å²) in [6.07, 6.45) is 3.74. The second kappa shape index (κ2) is 4.00. The van der Waals surface area contributed by atoms with Gasteiger partial charge in [-0.15, -0.1) is 0 Å². The van der Waals surface area contributed by atoms with Crippen molar-refractivity contribution in [3.05, 3.63) is 0 Å². The van der Waals surface area contributed by atoms with Gasteiger partial charge in [-0.1, -0.05) is 0 Å². The summed E-state index contributed by atoms with van der Waals surface area (Å²) in [4.78, 5) is 0. The van der Waals surface area contributed by atoms with Crippen LogP contribution in [0.1, 0.15) is 34.1 Å². The smallest absolute Gasteiger partial charge is 0.286 e. The first kappa shape index (κ1) is 11.6. The van der Waals surface area contributed by atoms with Crippen LogP contribution in [0.5, 0.6) is 0 Å². The second-order valence-corrected chi connectivity index (χ2v) is 4.08. The summed E-state index contributed by atoms with van der Waals surface area (Å²) < 4.78 is 9.66. The summed E-state index contributed by atoms with van der Waals surface area (Å²) >= 11 is 0. The largest absolute Gasteiger partial charge is 0.421 e. The molecule has 4 nitrogen and oxygen atoms in total. The number of nitrogens with zero attached hydrogens (tertiary/aromatic N) is 2. The molecule has 0 rings (SSSR count). The molecule has 13 heavy (non-hydrogen) atoms. The summed E-state index contributed by atoms with van der Waals surface area (Å²) in [5.41, 5.74) is -1.20. The third kappa shape index (κ3) is 4.92. The van der Waals surface area contributed by atoms with Gasteiger partial charge >= 0.3 is 0 Å². The highest BCUT2D eigenvalue weighted by molar-refractivity contribution is 4.84. The molecule has 0 bridgehead atoms. The Morgan fingerprint density at radius 1 is 0.923 bits per heavy atom. The molecule has 0 aliphatic carbocycles. The van der Waals surface area contributed by atoms with E-state index in [0.717, 1.165) is 0 Å². The van der Waals surface area contributed by atoms with Crippen molar-refractivity contribution in [3.8, 4) is 12.5 Å². The average Bonchev–Trinajstić information content (AvgIpc) is 1.82. The van der Waals surface area contributed by atoms with Gasteiger partial charge in [0.1, 0.15) is 11.2 Å². The normalized spacial score (nSPS) is 11.2. The van der Waals surface area contributed by atoms with E-state index in [1.165, 1.54) is 0 Å². The van der Waals surface area contributed by atoms with E-state index in [9.17, 15) is 0 Å². The van der Waals surface area contributed by atoms with Gasteiger partial charge in [-0.25, -0.2) is 0 Å². The van der Waals surface area contributed by atoms with Gasteiger partial charge < -0.3 is 9.47 Å². The molecule has 0 heterocycles. The molecular weight excluding hydrogens is 168 g/mol. The molecule has 72 valence electrons. The highest BCUT2D eigenvalue weighted by Gasteiger charge is 2.32. The zero-order valence-electron chi connectivity index (χ0n) is 8.42. The van der Waals surface area contributed by atoms with E-state index in [4.69, 9.17) is 20.0 Å². The molecule has 4 heteroatoms. The van der Waals surface area contributed by atoms with E-state index >= 15 is 0 Å². The summed E-state index contributed by atoms with van der Waals surface area (Å²) in [7, 11) is 0. The van der Waals surface area contributed by atoms with Crippen molar-refractivity contribution in [1.82, 2.24) is 0 Å². The van der Waals surface area contributed by atoms with E-state index in [-0.39, 0.29) is 0 Å². The number of hydrogen-bond donors (Lipinski definition) is 0. The summed E-state index contributed by atoms with van der Waals surface area (Å²) in [6.45, 7) is 7.11. The Kier molecular flexibility index (Phi) is 3.56. The predicted molar refractivity (Wildman–Crippen MR) is 46.2 cm³/mol. The maximum absolute atomic E-state index is 8.35. The maximum Gasteiger partial charge on any atom is 0.286 e. The first-order valence-corrected chi connectivity index (χ1v) is 3.97. The Labute approximate surface area is 78.7 Å². The minimum atomic E-state index is -0.602. The van der Waals surface area contributed by atoms with Crippen LogP contribution in [-0.4, -0.2) is 11.2 Å². The van der Waals surface area contributed by atoms with E-state index in [1.807, 2.05) is 0 Å². The van der Waals surface area contributed by atoms with Gasteiger partial charge in [0, 0.05) is 6.42 Å². The highest BCUT2D eigenvalue weighted by Crippen LogP contribution is 2.25. The molecule has 0 fully saturated rings. The molecule has 0 aromatic carbocycles. The third-order valence-corrected chi connectivity index (χ3v) is 1.50. The minimum Gasteiger partial charge on any atom is -0.421 e. The zero-order valence-corrected chi connectivity index (χ0v) is 8.42. The Balaban J connectivity index is 4.27. The molecule has 0 spiro atoms. The lowest BCUT2D eigenvalue weighted by molar-refractivity contribution is -0.0278. The standard InChI is InChI=1S/C9H14N2O2/c1-8(2,12-6-10)5-9(3,4)13-7-11/h5H2,1-4H3. The van der Waals surface area contributed by atoms with Crippen molar-refractivity contribution in [1.29, 1.82) is 10.5 Å². The number of nitriles is 2. The van der Waals surface area contributed by atoms with Crippen LogP contribution in [0.15, 0.2) is 0 Å². The second-order valence-electron chi connectivity index (χ2n) is 4.08. The Morgan fingerprint density at radius 3 is 1.46 bits per heavy atom. The van der Waals surface area contributed by atoms with Crippen molar-refractivity contribution in [2.24, 2.45) is 0 Å². The van der Waals surface area contributed by atoms with Gasteiger partial charge in [0.05, 0.1) is 0 Å². The molecule has 0 aromatic rings. The van der Waals surface area contributed by atoms with Crippen molar-refractivity contribution in [3.63, 3.8) is 0 Å². The lowest BCUT2D eigenvalue weighted by Gasteiger charge is -2.30. The van der Waals surface area contributed by atoms with Gasteiger partial charge in [0.2, 0.25) is 0 Å². The molecule has 0 aliphatic rings. The van der Waals surface area contributed by atoms with Crippen molar-refractivity contribution < 1.29 is 9.47 Å². The number of rotatable bonds is 4. The zero-order chi connectivity index (χ0) is 10.5. The SMILES string of the molecule is CC(C)(CC(C)(C)OC#N)OC#N. The van der Waals surface area contributed by atoms with Crippen molar-refractivity contribution in [2.45, 2.75) is 45.3 Å². The fourth-order valence-corrected chi connectivity index (χ4v) is 1.34. The molecule has 0 radical (unpaired) electrons. The number of ether oxygens (including phenoxy) is 2. The van der Waals surface area contributed by atoms with E-state index < -0.39 is 11.2 Å². The van der Waals surface area contributed by atoms with Crippen LogP contribution in [0, 0.1) is 23.0 Å². The Bertz CT molecular complexity index is 219. The molecule has 0 saturated heterocycles. The lowest BCUT2D eigenvalue weighted by Crippen LogP contribution is -2.35. The Hall–Kier alpha value is -1.42. The highest BCUT2D eigenvalue weighted by atomic mass is 16.5. The van der Waals surface area contributed by atoms with Crippen LogP contribution in [0.25, 0.3) is 0 Å². The van der Waals surface area contributed by atoms with Gasteiger partial charge in [-0.3, -0.25) is 0 Å². The first-order valence-electron chi connectivity index (χ1n) is 3.97. The van der Waals surface area contributed by atoms with Gasteiger partial charge in [0.15, 0.2) is 0 Å². The van der Waals surface area contributed by atoms with Crippen molar-refractivity contribution in [2.75, 3.05) is 0 Å². The fraction of sp³-hybridized carbons (Fsp3) is 0.778. The van der Waals surface area contributed by atoms with Crippen LogP contribution in [-0.2, 0) is 9.47 Å². The van der Waals surface area contributed by atoms with Crippen molar-refractivity contribution >= 4 is 0 Å². The molecule has 0 unspecified atom stereocenters. The third-order valence-electron chi connectivity index (χ3n) is 1.50. The fourth-order valence-electron chi connectivity index (χ4n) is 1.34. The molecule has 0 aromatic heterocycles. The summed E-state index contributed by atoms with van der Waals surface area (Å²) in [6, 6.07) is 0. The Morgan fingerprint density at radius 2 is 1.23 bits per heavy atom. The van der Waals surface area contributed by atoms with Crippen LogP contribution in [0.4, 0.5) is 0 Å². The quantitative estimate of drug-likeness (QED) is 0.623. The summed E-state index contributed by atoms with van der Waals surface area (Å²) in [5.74, 6) is 0. The lowest BCUT2D eigenvalue weighted by atomic mass is 9.92. The number of hydrogen-bond acceptors (Lipinski definition) is 4. The average molecular weight is 182 g/mol. The molecule has 0 atom stereocenters. The molecule has 0 N–H and O–H groups in total. The van der Waals surface area contributed by atoms with Gasteiger partial charge in [-0.2, -0.15) is 10.5 Å². The molecular formula is C9H14N2O2. The van der Waals surface area contributed by atoms with Crippen LogP contribution in [0.3, 0.4) is 0 Å². The van der Waals surface area contributed by atoms with E-state index in [2.05, 4.69) is 0 Å². The molecule has 0 aliphatic heterocycles. The molecule has 0 amide bonds. The van der Waals surface area contributed by atoms with Gasteiger partial charge in [0.25, 0.3) is 12.5 Å². The molecule has 0 saturated carbocycles. The van der Waals surface area contributed by atoms with Crippen LogP contribution in [0.2, 0.25) is 0 Å². The van der Waals surface area contributed by atoms with Crippen LogP contribution < -0.4 is 0 Å². The minimum absolute atomic E-state index is 0.473. The van der Waals surface area contributed by atoms with E-state index in [0.29, 0.717) is 6.42 Å². The monoisotopic (exact) mass is 182 g/mol.